The highest BCUT2D eigenvalue weighted by atomic mass is 32.1. The predicted octanol–water partition coefficient (Wildman–Crippen LogP) is 2.18. The van der Waals surface area contributed by atoms with Crippen molar-refractivity contribution in [1.82, 2.24) is 14.9 Å². The SMILES string of the molecule is Cc1coc(CC(=O)O)c1C(=O)N1CCN(c2ncnc3sccc23)CC1. The molecule has 0 unspecified atom stereocenters. The molecule has 0 atom stereocenters. The summed E-state index contributed by atoms with van der Waals surface area (Å²) in [6.45, 7) is 4.13. The largest absolute Gasteiger partial charge is 0.481 e. The first-order valence-corrected chi connectivity index (χ1v) is 9.43. The van der Waals surface area contributed by atoms with Crippen LogP contribution >= 0.6 is 11.3 Å². The van der Waals surface area contributed by atoms with Crippen molar-refractivity contribution in [3.63, 3.8) is 0 Å². The van der Waals surface area contributed by atoms with Crippen molar-refractivity contribution < 1.29 is 19.1 Å². The van der Waals surface area contributed by atoms with Crippen LogP contribution in [0, 0.1) is 6.92 Å². The molecular weight excluding hydrogens is 368 g/mol. The van der Waals surface area contributed by atoms with Gasteiger partial charge in [-0.25, -0.2) is 9.97 Å². The summed E-state index contributed by atoms with van der Waals surface area (Å²) in [4.78, 5) is 37.5. The number of anilines is 1. The number of nitrogens with zero attached hydrogens (tertiary/aromatic N) is 4. The van der Waals surface area contributed by atoms with Gasteiger partial charge in [0.2, 0.25) is 0 Å². The van der Waals surface area contributed by atoms with Gasteiger partial charge in [0, 0.05) is 31.7 Å². The summed E-state index contributed by atoms with van der Waals surface area (Å²) in [5.41, 5.74) is 1.03. The van der Waals surface area contributed by atoms with Crippen LogP contribution in [0.3, 0.4) is 0 Å². The molecular formula is C18H18N4O4S. The van der Waals surface area contributed by atoms with Gasteiger partial charge >= 0.3 is 5.97 Å². The van der Waals surface area contributed by atoms with Crippen molar-refractivity contribution in [2.75, 3.05) is 31.1 Å². The molecule has 1 N–H and O–H groups in total. The molecule has 1 amide bonds. The Morgan fingerprint density at radius 2 is 2.04 bits per heavy atom. The zero-order valence-corrected chi connectivity index (χ0v) is 15.5. The molecule has 4 rings (SSSR count). The maximum Gasteiger partial charge on any atom is 0.311 e. The van der Waals surface area contributed by atoms with Crippen molar-refractivity contribution >= 4 is 39.2 Å². The van der Waals surface area contributed by atoms with E-state index in [0.29, 0.717) is 37.3 Å². The summed E-state index contributed by atoms with van der Waals surface area (Å²) in [5.74, 6) is -0.102. The number of carbonyl (C=O) groups excluding carboxylic acids is 1. The first kappa shape index (κ1) is 17.5. The van der Waals surface area contributed by atoms with Gasteiger partial charge in [-0.05, 0) is 18.4 Å². The van der Waals surface area contributed by atoms with E-state index in [2.05, 4.69) is 14.9 Å². The molecule has 27 heavy (non-hydrogen) atoms. The highest BCUT2D eigenvalue weighted by molar-refractivity contribution is 7.16. The van der Waals surface area contributed by atoms with E-state index in [1.165, 1.54) is 6.26 Å². The Bertz CT molecular complexity index is 1000. The Kier molecular flexibility index (Phi) is 4.53. The first-order chi connectivity index (χ1) is 13.0. The molecule has 0 aromatic carbocycles. The number of aromatic nitrogens is 2. The average molecular weight is 386 g/mol. The zero-order chi connectivity index (χ0) is 19.0. The van der Waals surface area contributed by atoms with Gasteiger partial charge in [-0.1, -0.05) is 0 Å². The van der Waals surface area contributed by atoms with E-state index < -0.39 is 5.97 Å². The molecule has 140 valence electrons. The Morgan fingerprint density at radius 3 is 2.78 bits per heavy atom. The molecule has 1 saturated heterocycles. The average Bonchev–Trinajstić information content (AvgIpc) is 3.27. The van der Waals surface area contributed by atoms with Crippen LogP contribution in [0.5, 0.6) is 0 Å². The number of carboxylic acids is 1. The Morgan fingerprint density at radius 1 is 1.26 bits per heavy atom. The van der Waals surface area contributed by atoms with Crippen LogP contribution in [0.2, 0.25) is 0 Å². The van der Waals surface area contributed by atoms with E-state index >= 15 is 0 Å². The van der Waals surface area contributed by atoms with Crippen LogP contribution in [-0.4, -0.2) is 58.0 Å². The molecule has 3 aromatic heterocycles. The lowest BCUT2D eigenvalue weighted by Crippen LogP contribution is -2.49. The molecule has 0 aliphatic carbocycles. The van der Waals surface area contributed by atoms with Gasteiger partial charge in [0.1, 0.15) is 29.2 Å². The minimum absolute atomic E-state index is 0.180. The number of rotatable bonds is 4. The van der Waals surface area contributed by atoms with E-state index in [0.717, 1.165) is 16.0 Å². The van der Waals surface area contributed by atoms with E-state index in [1.807, 2.05) is 11.4 Å². The predicted molar refractivity (Wildman–Crippen MR) is 100 cm³/mol. The van der Waals surface area contributed by atoms with Gasteiger partial charge in [0.25, 0.3) is 5.91 Å². The number of carboxylic acid groups (broad SMARTS) is 1. The molecule has 1 fully saturated rings. The van der Waals surface area contributed by atoms with E-state index in [-0.39, 0.29) is 18.1 Å². The van der Waals surface area contributed by atoms with Gasteiger partial charge in [-0.2, -0.15) is 0 Å². The fourth-order valence-electron chi connectivity index (χ4n) is 3.36. The molecule has 0 saturated carbocycles. The maximum absolute atomic E-state index is 12.9. The number of aryl methyl sites for hydroxylation is 1. The number of carbonyl (C=O) groups is 2. The second kappa shape index (κ2) is 6.99. The van der Waals surface area contributed by atoms with Gasteiger partial charge < -0.3 is 19.3 Å². The fraction of sp³-hybridized carbons (Fsp3) is 0.333. The van der Waals surface area contributed by atoms with Gasteiger partial charge in [-0.3, -0.25) is 9.59 Å². The third-order valence-electron chi connectivity index (χ3n) is 4.68. The van der Waals surface area contributed by atoms with Gasteiger partial charge in [-0.15, -0.1) is 11.3 Å². The summed E-state index contributed by atoms with van der Waals surface area (Å²) >= 11 is 1.58. The van der Waals surface area contributed by atoms with Crippen molar-refractivity contribution in [3.05, 3.63) is 40.9 Å². The van der Waals surface area contributed by atoms with E-state index in [1.54, 1.807) is 29.5 Å². The zero-order valence-electron chi connectivity index (χ0n) is 14.7. The molecule has 1 aliphatic rings. The lowest BCUT2D eigenvalue weighted by Gasteiger charge is -2.35. The summed E-state index contributed by atoms with van der Waals surface area (Å²) < 4.78 is 5.29. The van der Waals surface area contributed by atoms with Crippen LogP contribution in [0.15, 0.2) is 28.5 Å². The molecule has 0 spiro atoms. The second-order valence-electron chi connectivity index (χ2n) is 6.40. The monoisotopic (exact) mass is 386 g/mol. The number of thiophene rings is 1. The quantitative estimate of drug-likeness (QED) is 0.733. The van der Waals surface area contributed by atoms with Crippen LogP contribution in [0.1, 0.15) is 21.7 Å². The van der Waals surface area contributed by atoms with Gasteiger partial charge in [0.05, 0.1) is 17.2 Å². The van der Waals surface area contributed by atoms with Crippen molar-refractivity contribution in [2.24, 2.45) is 0 Å². The summed E-state index contributed by atoms with van der Waals surface area (Å²) in [7, 11) is 0. The van der Waals surface area contributed by atoms with Gasteiger partial charge in [0.15, 0.2) is 0 Å². The Balaban J connectivity index is 1.50. The van der Waals surface area contributed by atoms with Crippen molar-refractivity contribution in [2.45, 2.75) is 13.3 Å². The smallest absolute Gasteiger partial charge is 0.311 e. The number of fused-ring (bicyclic) bond motifs is 1. The number of piperazine rings is 1. The van der Waals surface area contributed by atoms with Crippen LogP contribution in [0.25, 0.3) is 10.2 Å². The van der Waals surface area contributed by atoms with Crippen molar-refractivity contribution in [1.29, 1.82) is 0 Å². The molecule has 0 radical (unpaired) electrons. The topological polar surface area (TPSA) is 99.8 Å². The third-order valence-corrected chi connectivity index (χ3v) is 5.50. The normalized spacial score (nSPS) is 14.7. The van der Waals surface area contributed by atoms with Crippen LogP contribution < -0.4 is 4.90 Å². The number of aliphatic carboxylic acids is 1. The number of hydrogen-bond donors (Lipinski definition) is 1. The van der Waals surface area contributed by atoms with E-state index in [4.69, 9.17) is 9.52 Å². The second-order valence-corrected chi connectivity index (χ2v) is 7.30. The minimum atomic E-state index is -1.02. The Hall–Kier alpha value is -2.94. The first-order valence-electron chi connectivity index (χ1n) is 8.56. The summed E-state index contributed by atoms with van der Waals surface area (Å²) in [5, 5.41) is 12.0. The molecule has 3 aromatic rings. The van der Waals surface area contributed by atoms with Crippen LogP contribution in [0.4, 0.5) is 5.82 Å². The molecule has 1 aliphatic heterocycles. The number of hydrogen-bond acceptors (Lipinski definition) is 7. The third kappa shape index (κ3) is 3.25. The van der Waals surface area contributed by atoms with Crippen molar-refractivity contribution in [3.8, 4) is 0 Å². The number of amides is 1. The molecule has 4 heterocycles. The molecule has 9 heteroatoms. The molecule has 8 nitrogen and oxygen atoms in total. The minimum Gasteiger partial charge on any atom is -0.481 e. The fourth-order valence-corrected chi connectivity index (χ4v) is 4.09. The highest BCUT2D eigenvalue weighted by Gasteiger charge is 2.28. The summed E-state index contributed by atoms with van der Waals surface area (Å²) in [6.07, 6.45) is 2.71. The summed E-state index contributed by atoms with van der Waals surface area (Å²) in [6, 6.07) is 2.01. The number of furan rings is 1. The lowest BCUT2D eigenvalue weighted by atomic mass is 10.1. The lowest BCUT2D eigenvalue weighted by molar-refractivity contribution is -0.136. The molecule has 0 bridgehead atoms. The Labute approximate surface area is 159 Å². The van der Waals surface area contributed by atoms with E-state index in [9.17, 15) is 9.59 Å². The standard InChI is InChI=1S/C18H18N4O4S/c1-11-9-26-13(8-14(23)24)15(11)18(25)22-5-3-21(4-6-22)16-12-2-7-27-17(12)20-10-19-16/h2,7,9-10H,3-6,8H2,1H3,(H,23,24). The maximum atomic E-state index is 12.9. The highest BCUT2D eigenvalue weighted by Crippen LogP contribution is 2.28. The van der Waals surface area contributed by atoms with Crippen LogP contribution in [-0.2, 0) is 11.2 Å².